The first-order valence-electron chi connectivity index (χ1n) is 6.13. The number of nitrogens with zero attached hydrogens (tertiary/aromatic N) is 2. The van der Waals surface area contributed by atoms with Crippen LogP contribution in [0.25, 0.3) is 10.9 Å². The molecule has 1 aromatic heterocycles. The van der Waals surface area contributed by atoms with Crippen molar-refractivity contribution in [3.63, 3.8) is 0 Å². The van der Waals surface area contributed by atoms with Gasteiger partial charge >= 0.3 is 5.97 Å². The van der Waals surface area contributed by atoms with E-state index in [4.69, 9.17) is 5.11 Å². The monoisotopic (exact) mass is 288 g/mol. The number of rotatable bonds is 2. The maximum Gasteiger partial charge on any atom is 0.327 e. The summed E-state index contributed by atoms with van der Waals surface area (Å²) in [5, 5.41) is 10.0. The Morgan fingerprint density at radius 2 is 2.20 bits per heavy atom. The van der Waals surface area contributed by atoms with Crippen molar-refractivity contribution in [2.24, 2.45) is 0 Å². The van der Waals surface area contributed by atoms with Crippen molar-refractivity contribution >= 4 is 34.5 Å². The normalized spacial score (nSPS) is 18.4. The van der Waals surface area contributed by atoms with Crippen LogP contribution in [-0.2, 0) is 4.79 Å². The molecule has 0 aliphatic carbocycles. The molecule has 0 bridgehead atoms. The molecule has 102 valence electrons. The van der Waals surface area contributed by atoms with Crippen LogP contribution in [0.3, 0.4) is 0 Å². The molecule has 3 rings (SSSR count). The van der Waals surface area contributed by atoms with E-state index in [0.717, 1.165) is 10.9 Å². The number of pyridine rings is 1. The summed E-state index contributed by atoms with van der Waals surface area (Å²) in [5.41, 5.74) is 1.31. The molecular weight excluding hydrogens is 276 g/mol. The number of carboxylic acid groups (broad SMARTS) is 1. The molecule has 0 unspecified atom stereocenters. The standard InChI is InChI=1S/C14H12N2O3S/c17-13(16-8-20-7-12(16)14(18)19)10-3-4-11-9(6-10)2-1-5-15-11/h1-6,12H,7-8H2,(H,18,19)/t12-/m0/s1. The minimum Gasteiger partial charge on any atom is -0.480 e. The van der Waals surface area contributed by atoms with E-state index in [9.17, 15) is 9.59 Å². The lowest BCUT2D eigenvalue weighted by Gasteiger charge is -2.20. The molecule has 1 aliphatic heterocycles. The van der Waals surface area contributed by atoms with Gasteiger partial charge in [-0.25, -0.2) is 4.79 Å². The van der Waals surface area contributed by atoms with E-state index in [1.54, 1.807) is 24.4 Å². The van der Waals surface area contributed by atoms with Crippen LogP contribution in [-0.4, -0.2) is 44.5 Å². The predicted molar refractivity (Wildman–Crippen MR) is 76.7 cm³/mol. The van der Waals surface area contributed by atoms with Crippen LogP contribution in [0.4, 0.5) is 0 Å². The lowest BCUT2D eigenvalue weighted by Crippen LogP contribution is -2.41. The number of aliphatic carboxylic acids is 1. The molecule has 5 nitrogen and oxygen atoms in total. The van der Waals surface area contributed by atoms with E-state index in [2.05, 4.69) is 4.98 Å². The topological polar surface area (TPSA) is 70.5 Å². The molecule has 0 spiro atoms. The molecule has 1 saturated heterocycles. The minimum atomic E-state index is -0.953. The first-order chi connectivity index (χ1) is 9.66. The van der Waals surface area contributed by atoms with Gasteiger partial charge in [-0.3, -0.25) is 9.78 Å². The highest BCUT2D eigenvalue weighted by Gasteiger charge is 2.34. The predicted octanol–water partition coefficient (Wildman–Crippen LogP) is 1.83. The van der Waals surface area contributed by atoms with Crippen molar-refractivity contribution in [3.8, 4) is 0 Å². The number of carbonyl (C=O) groups excluding carboxylic acids is 1. The highest BCUT2D eigenvalue weighted by Crippen LogP contribution is 2.24. The average Bonchev–Trinajstić information content (AvgIpc) is 2.95. The molecule has 0 radical (unpaired) electrons. The molecule has 20 heavy (non-hydrogen) atoms. The number of fused-ring (bicyclic) bond motifs is 1. The van der Waals surface area contributed by atoms with Gasteiger partial charge in [-0.15, -0.1) is 11.8 Å². The lowest BCUT2D eigenvalue weighted by molar-refractivity contribution is -0.140. The van der Waals surface area contributed by atoms with Crippen LogP contribution in [0.2, 0.25) is 0 Å². The summed E-state index contributed by atoms with van der Waals surface area (Å²) in [6, 6.07) is 8.18. The smallest absolute Gasteiger partial charge is 0.327 e. The molecule has 1 amide bonds. The van der Waals surface area contributed by atoms with Crippen molar-refractivity contribution < 1.29 is 14.7 Å². The van der Waals surface area contributed by atoms with Crippen molar-refractivity contribution in [1.29, 1.82) is 0 Å². The number of thioether (sulfide) groups is 1. The van der Waals surface area contributed by atoms with Crippen molar-refractivity contribution in [2.45, 2.75) is 6.04 Å². The SMILES string of the molecule is O=C(O)[C@@H]1CSCN1C(=O)c1ccc2ncccc2c1. The molecule has 6 heteroatoms. The third kappa shape index (κ3) is 2.22. The number of carboxylic acids is 1. The largest absolute Gasteiger partial charge is 0.480 e. The number of amides is 1. The Balaban J connectivity index is 1.94. The average molecular weight is 288 g/mol. The zero-order valence-corrected chi connectivity index (χ0v) is 11.3. The number of carbonyl (C=O) groups is 2. The van der Waals surface area contributed by atoms with E-state index in [0.29, 0.717) is 17.2 Å². The summed E-state index contributed by atoms with van der Waals surface area (Å²) in [6.45, 7) is 0. The van der Waals surface area contributed by atoms with Crippen LogP contribution in [0.15, 0.2) is 36.5 Å². The van der Waals surface area contributed by atoms with Gasteiger partial charge in [0.05, 0.1) is 11.4 Å². The highest BCUT2D eigenvalue weighted by atomic mass is 32.2. The van der Waals surface area contributed by atoms with Gasteiger partial charge in [-0.2, -0.15) is 0 Å². The Labute approximate surface area is 119 Å². The fraction of sp³-hybridized carbons (Fsp3) is 0.214. The fourth-order valence-electron chi connectivity index (χ4n) is 2.22. The quantitative estimate of drug-likeness (QED) is 0.913. The Morgan fingerprint density at radius 3 is 3.00 bits per heavy atom. The molecule has 0 saturated carbocycles. The maximum atomic E-state index is 12.4. The van der Waals surface area contributed by atoms with Gasteiger partial charge in [0.1, 0.15) is 6.04 Å². The van der Waals surface area contributed by atoms with Gasteiger partial charge in [0, 0.05) is 22.9 Å². The molecule has 1 atom stereocenters. The lowest BCUT2D eigenvalue weighted by atomic mass is 10.1. The molecule has 1 aromatic carbocycles. The van der Waals surface area contributed by atoms with Gasteiger partial charge in [0.2, 0.25) is 0 Å². The zero-order valence-electron chi connectivity index (χ0n) is 10.5. The number of benzene rings is 1. The third-order valence-corrected chi connectivity index (χ3v) is 4.29. The molecule has 2 aromatic rings. The summed E-state index contributed by atoms with van der Waals surface area (Å²) < 4.78 is 0. The second-order valence-corrected chi connectivity index (χ2v) is 5.54. The van der Waals surface area contributed by atoms with Crippen LogP contribution < -0.4 is 0 Å². The summed E-state index contributed by atoms with van der Waals surface area (Å²) in [7, 11) is 0. The maximum absolute atomic E-state index is 12.4. The van der Waals surface area contributed by atoms with E-state index in [1.807, 2.05) is 12.1 Å². The minimum absolute atomic E-state index is 0.242. The van der Waals surface area contributed by atoms with Crippen LogP contribution in [0, 0.1) is 0 Å². The highest BCUT2D eigenvalue weighted by molar-refractivity contribution is 7.99. The Hall–Kier alpha value is -2.08. The van der Waals surface area contributed by atoms with Gasteiger partial charge in [-0.1, -0.05) is 6.07 Å². The third-order valence-electron chi connectivity index (χ3n) is 3.28. The van der Waals surface area contributed by atoms with Crippen LogP contribution >= 0.6 is 11.8 Å². The Kier molecular flexibility index (Phi) is 3.31. The van der Waals surface area contributed by atoms with E-state index < -0.39 is 12.0 Å². The second-order valence-electron chi connectivity index (χ2n) is 4.54. The first-order valence-corrected chi connectivity index (χ1v) is 7.28. The van der Waals surface area contributed by atoms with Gasteiger partial charge in [0.25, 0.3) is 5.91 Å². The Morgan fingerprint density at radius 1 is 1.35 bits per heavy atom. The zero-order chi connectivity index (χ0) is 14.1. The molecule has 1 fully saturated rings. The van der Waals surface area contributed by atoms with Gasteiger partial charge < -0.3 is 10.0 Å². The van der Waals surface area contributed by atoms with E-state index >= 15 is 0 Å². The number of hydrogen-bond acceptors (Lipinski definition) is 4. The van der Waals surface area contributed by atoms with Crippen molar-refractivity contribution in [2.75, 3.05) is 11.6 Å². The number of aromatic nitrogens is 1. The first kappa shape index (κ1) is 12.9. The van der Waals surface area contributed by atoms with Crippen LogP contribution in [0.1, 0.15) is 10.4 Å². The summed E-state index contributed by atoms with van der Waals surface area (Å²) in [4.78, 5) is 29.2. The van der Waals surface area contributed by atoms with Gasteiger partial charge in [0.15, 0.2) is 0 Å². The number of hydrogen-bond donors (Lipinski definition) is 1. The summed E-state index contributed by atoms with van der Waals surface area (Å²) >= 11 is 1.46. The molecular formula is C14H12N2O3S. The van der Waals surface area contributed by atoms with Crippen LogP contribution in [0.5, 0.6) is 0 Å². The van der Waals surface area contributed by atoms with Crippen molar-refractivity contribution in [3.05, 3.63) is 42.1 Å². The Bertz CT molecular complexity index is 689. The van der Waals surface area contributed by atoms with Gasteiger partial charge in [-0.05, 0) is 24.3 Å². The van der Waals surface area contributed by atoms with E-state index in [-0.39, 0.29) is 5.91 Å². The summed E-state index contributed by atoms with van der Waals surface area (Å²) in [6.07, 6.45) is 1.70. The summed E-state index contributed by atoms with van der Waals surface area (Å²) in [5.74, 6) is -0.337. The van der Waals surface area contributed by atoms with Crippen molar-refractivity contribution in [1.82, 2.24) is 9.88 Å². The molecule has 1 aliphatic rings. The molecule has 1 N–H and O–H groups in total. The fourth-order valence-corrected chi connectivity index (χ4v) is 3.37. The molecule has 2 heterocycles. The van der Waals surface area contributed by atoms with E-state index in [1.165, 1.54) is 16.7 Å². The second kappa shape index (κ2) is 5.13.